The number of hydrogen-bond donors (Lipinski definition) is 3. The molecular weight excluding hydrogens is 543 g/mol. The lowest BCUT2D eigenvalue weighted by atomic mass is 10.1. The summed E-state index contributed by atoms with van der Waals surface area (Å²) < 4.78 is 37.3. The number of fused-ring (bicyclic) bond motifs is 1. The molecule has 8 nitrogen and oxygen atoms in total. The molecule has 1 fully saturated rings. The number of nitrogens with one attached hydrogen (secondary N) is 3. The van der Waals surface area contributed by atoms with E-state index in [-0.39, 0.29) is 11.0 Å². The first-order chi connectivity index (χ1) is 16.9. The van der Waals surface area contributed by atoms with Crippen LogP contribution in [0.4, 0.5) is 16.2 Å². The van der Waals surface area contributed by atoms with Gasteiger partial charge in [-0.3, -0.25) is 4.72 Å². The number of hydrogen-bond acceptors (Lipinski definition) is 6. The first-order valence-electron chi connectivity index (χ1n) is 11.4. The van der Waals surface area contributed by atoms with Gasteiger partial charge in [0.1, 0.15) is 5.60 Å². The summed E-state index contributed by atoms with van der Waals surface area (Å²) in [7, 11) is -3.83. The summed E-state index contributed by atoms with van der Waals surface area (Å²) in [5, 5.41) is 1.74. The summed E-state index contributed by atoms with van der Waals surface area (Å²) in [6.07, 6.45) is 2.97. The van der Waals surface area contributed by atoms with Crippen molar-refractivity contribution in [3.8, 4) is 0 Å². The summed E-state index contributed by atoms with van der Waals surface area (Å²) in [6, 6.07) is 9.73. The van der Waals surface area contributed by atoms with E-state index in [1.165, 1.54) is 0 Å². The molecule has 194 valence electrons. The molecule has 0 radical (unpaired) electrons. The third-order valence-corrected chi connectivity index (χ3v) is 8.74. The van der Waals surface area contributed by atoms with Crippen molar-refractivity contribution < 1.29 is 17.9 Å². The maximum Gasteiger partial charge on any atom is 0.410 e. The van der Waals surface area contributed by atoms with Gasteiger partial charge in [-0.15, -0.1) is 0 Å². The minimum absolute atomic E-state index is 0.129. The van der Waals surface area contributed by atoms with Gasteiger partial charge in [-0.2, -0.15) is 0 Å². The molecule has 0 spiro atoms. The SMILES string of the molecule is CC(C)(C)OC(=O)N1CCC(SNc2ccc(S(=O)(=O)Nc3ccc(Cl)c4c(Cl)c[nH]c34)cc2)CC1. The molecule has 36 heavy (non-hydrogen) atoms. The molecule has 0 atom stereocenters. The van der Waals surface area contributed by atoms with Crippen LogP contribution in [0.5, 0.6) is 0 Å². The Morgan fingerprint density at radius 3 is 2.39 bits per heavy atom. The zero-order valence-electron chi connectivity index (χ0n) is 20.1. The molecule has 1 saturated heterocycles. The van der Waals surface area contributed by atoms with E-state index in [1.807, 2.05) is 20.8 Å². The first-order valence-corrected chi connectivity index (χ1v) is 14.5. The summed E-state index contributed by atoms with van der Waals surface area (Å²) in [5.41, 5.74) is 1.16. The van der Waals surface area contributed by atoms with Crippen LogP contribution in [0.2, 0.25) is 10.0 Å². The maximum absolute atomic E-state index is 13.0. The van der Waals surface area contributed by atoms with Gasteiger partial charge in [-0.1, -0.05) is 23.2 Å². The predicted molar refractivity (Wildman–Crippen MR) is 148 cm³/mol. The zero-order chi connectivity index (χ0) is 26.1. The number of H-pyrrole nitrogens is 1. The molecule has 1 aliphatic rings. The van der Waals surface area contributed by atoms with Gasteiger partial charge in [0.15, 0.2) is 0 Å². The van der Waals surface area contributed by atoms with Crippen molar-refractivity contribution >= 4 is 73.5 Å². The topological polar surface area (TPSA) is 104 Å². The number of sulfonamides is 1. The Kier molecular flexibility index (Phi) is 7.89. The number of benzene rings is 2. The van der Waals surface area contributed by atoms with Crippen LogP contribution in [0.3, 0.4) is 0 Å². The molecule has 1 aromatic heterocycles. The van der Waals surface area contributed by atoms with Crippen LogP contribution >= 0.6 is 35.1 Å². The van der Waals surface area contributed by atoms with E-state index in [0.717, 1.165) is 18.5 Å². The molecule has 2 aromatic carbocycles. The second-order valence-corrected chi connectivity index (χ2v) is 13.1. The molecule has 3 aromatic rings. The monoisotopic (exact) mass is 570 g/mol. The first kappa shape index (κ1) is 26.8. The van der Waals surface area contributed by atoms with Gasteiger partial charge in [0.2, 0.25) is 0 Å². The number of aromatic amines is 1. The van der Waals surface area contributed by atoms with Crippen molar-refractivity contribution in [2.75, 3.05) is 22.5 Å². The fourth-order valence-electron chi connectivity index (χ4n) is 3.79. The summed E-state index contributed by atoms with van der Waals surface area (Å²) in [4.78, 5) is 17.1. The van der Waals surface area contributed by atoms with Crippen molar-refractivity contribution in [2.24, 2.45) is 0 Å². The molecule has 1 amide bonds. The molecule has 0 bridgehead atoms. The number of aromatic nitrogens is 1. The van der Waals surface area contributed by atoms with Crippen molar-refractivity contribution in [3.05, 3.63) is 52.6 Å². The zero-order valence-corrected chi connectivity index (χ0v) is 23.2. The Morgan fingerprint density at radius 2 is 1.75 bits per heavy atom. The van der Waals surface area contributed by atoms with Gasteiger partial charge in [-0.25, -0.2) is 13.2 Å². The third kappa shape index (κ3) is 6.34. The lowest BCUT2D eigenvalue weighted by Gasteiger charge is -2.33. The van der Waals surface area contributed by atoms with Crippen molar-refractivity contribution in [3.63, 3.8) is 0 Å². The van der Waals surface area contributed by atoms with Crippen LogP contribution in [0.25, 0.3) is 10.9 Å². The van der Waals surface area contributed by atoms with Gasteiger partial charge >= 0.3 is 6.09 Å². The summed E-state index contributed by atoms with van der Waals surface area (Å²) >= 11 is 13.9. The highest BCUT2D eigenvalue weighted by atomic mass is 35.5. The quantitative estimate of drug-likeness (QED) is 0.284. The predicted octanol–water partition coefficient (Wildman–Crippen LogP) is 6.74. The number of ether oxygens (including phenoxy) is 1. The van der Waals surface area contributed by atoms with E-state index < -0.39 is 15.6 Å². The minimum Gasteiger partial charge on any atom is -0.444 e. The maximum atomic E-state index is 13.0. The summed E-state index contributed by atoms with van der Waals surface area (Å²) in [5.74, 6) is 0. The number of piperidine rings is 1. The average Bonchev–Trinajstić information content (AvgIpc) is 3.22. The normalized spacial score (nSPS) is 15.2. The van der Waals surface area contributed by atoms with Crippen LogP contribution in [0.1, 0.15) is 33.6 Å². The van der Waals surface area contributed by atoms with Crippen molar-refractivity contribution in [2.45, 2.75) is 49.4 Å². The fraction of sp³-hybridized carbons (Fsp3) is 0.375. The van der Waals surface area contributed by atoms with Gasteiger partial charge in [0, 0.05) is 35.6 Å². The number of anilines is 2. The van der Waals surface area contributed by atoms with E-state index in [9.17, 15) is 13.2 Å². The highest BCUT2D eigenvalue weighted by Gasteiger charge is 2.27. The lowest BCUT2D eigenvalue weighted by molar-refractivity contribution is 0.0219. The minimum atomic E-state index is -3.83. The van der Waals surface area contributed by atoms with Crippen LogP contribution in [-0.4, -0.2) is 48.3 Å². The largest absolute Gasteiger partial charge is 0.444 e. The van der Waals surface area contributed by atoms with E-state index >= 15 is 0 Å². The molecule has 2 heterocycles. The van der Waals surface area contributed by atoms with E-state index in [4.69, 9.17) is 27.9 Å². The molecule has 12 heteroatoms. The molecule has 0 saturated carbocycles. The number of carbonyl (C=O) groups excluding carboxylic acids is 1. The fourth-order valence-corrected chi connectivity index (χ4v) is 6.31. The van der Waals surface area contributed by atoms with Gasteiger partial charge < -0.3 is 19.3 Å². The van der Waals surface area contributed by atoms with E-state index in [0.29, 0.717) is 45.0 Å². The molecule has 1 aliphatic heterocycles. The van der Waals surface area contributed by atoms with Gasteiger partial charge in [0.25, 0.3) is 10.0 Å². The highest BCUT2D eigenvalue weighted by Crippen LogP contribution is 2.35. The Labute approximate surface area is 225 Å². The van der Waals surface area contributed by atoms with Crippen LogP contribution < -0.4 is 9.44 Å². The van der Waals surface area contributed by atoms with Gasteiger partial charge in [0.05, 0.1) is 26.1 Å². The van der Waals surface area contributed by atoms with Crippen molar-refractivity contribution in [1.82, 2.24) is 9.88 Å². The molecular formula is C24H28Cl2N4O4S2. The van der Waals surface area contributed by atoms with Crippen LogP contribution in [-0.2, 0) is 14.8 Å². The highest BCUT2D eigenvalue weighted by molar-refractivity contribution is 8.01. The second kappa shape index (κ2) is 10.6. The lowest BCUT2D eigenvalue weighted by Crippen LogP contribution is -2.42. The van der Waals surface area contributed by atoms with Gasteiger partial charge in [-0.05, 0) is 82.0 Å². The average molecular weight is 572 g/mol. The number of amides is 1. The third-order valence-electron chi connectivity index (χ3n) is 5.58. The second-order valence-electron chi connectivity index (χ2n) is 9.50. The molecule has 4 rings (SSSR count). The standard InChI is InChI=1S/C24H28Cl2N4O4S2/c1-24(2,3)34-23(31)30-12-10-16(11-13-30)35-28-15-4-6-17(7-5-15)36(32,33)29-20-9-8-18(25)21-19(26)14-27-22(20)21/h4-9,14,16,27-29H,10-13H2,1-3H3. The van der Waals surface area contributed by atoms with Crippen LogP contribution in [0, 0.1) is 0 Å². The molecule has 3 N–H and O–H groups in total. The Hall–Kier alpha value is -2.27. The van der Waals surface area contributed by atoms with Crippen LogP contribution in [0.15, 0.2) is 47.5 Å². The molecule has 0 aliphatic carbocycles. The van der Waals surface area contributed by atoms with E-state index in [2.05, 4.69) is 14.4 Å². The number of likely N-dealkylation sites (tertiary alicyclic amines) is 1. The number of carbonyl (C=O) groups is 1. The smallest absolute Gasteiger partial charge is 0.410 e. The Balaban J connectivity index is 1.33. The number of nitrogens with zero attached hydrogens (tertiary/aromatic N) is 1. The Morgan fingerprint density at radius 1 is 1.08 bits per heavy atom. The summed E-state index contributed by atoms with van der Waals surface area (Å²) in [6.45, 7) is 6.86. The number of rotatable bonds is 6. The van der Waals surface area contributed by atoms with Crippen molar-refractivity contribution in [1.29, 1.82) is 0 Å². The molecule has 0 unspecified atom stereocenters. The Bertz CT molecular complexity index is 1350. The number of halogens is 2. The van der Waals surface area contributed by atoms with E-state index in [1.54, 1.807) is 59.4 Å².